The molecular formula is C14H22Cl3N3OTi. The molecule has 124 valence electrons. The number of nitrogens with one attached hydrogen (secondary N) is 1. The summed E-state index contributed by atoms with van der Waals surface area (Å²) in [6.07, 6.45) is 0.983. The molecule has 22 heavy (non-hydrogen) atoms. The fraction of sp³-hybridized carbons (Fsp3) is 0.500. The van der Waals surface area contributed by atoms with E-state index in [-0.39, 0.29) is 58.9 Å². The van der Waals surface area contributed by atoms with Gasteiger partial charge in [0.15, 0.2) is 0 Å². The summed E-state index contributed by atoms with van der Waals surface area (Å²) < 4.78 is 5.96. The summed E-state index contributed by atoms with van der Waals surface area (Å²) in [6.45, 7) is 4.89. The van der Waals surface area contributed by atoms with Crippen LogP contribution in [-0.4, -0.2) is 56.6 Å². The molecule has 0 aliphatic carbocycles. The molecule has 1 fully saturated rings. The largest absolute Gasteiger partial charge is 4.00 e. The van der Waals surface area contributed by atoms with Crippen molar-refractivity contribution in [3.8, 4) is 5.75 Å². The summed E-state index contributed by atoms with van der Waals surface area (Å²) >= 11 is 0. The van der Waals surface area contributed by atoms with E-state index in [1.165, 1.54) is 0 Å². The second-order valence-electron chi connectivity index (χ2n) is 4.71. The molecule has 0 unspecified atom stereocenters. The van der Waals surface area contributed by atoms with Crippen LogP contribution >= 0.6 is 0 Å². The monoisotopic (exact) mass is 401 g/mol. The zero-order valence-corrected chi connectivity index (χ0v) is 16.7. The third-order valence-electron chi connectivity index (χ3n) is 3.17. The van der Waals surface area contributed by atoms with Crippen molar-refractivity contribution in [2.75, 3.05) is 46.8 Å². The predicted molar refractivity (Wildman–Crippen MR) is 73.3 cm³/mol. The van der Waals surface area contributed by atoms with Gasteiger partial charge in [0.25, 0.3) is 0 Å². The Kier molecular flexibility index (Phi) is 18.7. The van der Waals surface area contributed by atoms with Crippen LogP contribution in [0.1, 0.15) is 0 Å². The van der Waals surface area contributed by atoms with Crippen molar-refractivity contribution in [1.82, 2.24) is 15.1 Å². The van der Waals surface area contributed by atoms with Crippen molar-refractivity contribution in [2.45, 2.75) is 0 Å². The number of hydrogen-bond donors (Lipinski definition) is 1. The van der Waals surface area contributed by atoms with Crippen molar-refractivity contribution < 1.29 is 63.7 Å². The molecule has 1 aromatic rings. The molecule has 8 heteroatoms. The Bertz CT molecular complexity index is 362. The van der Waals surface area contributed by atoms with E-state index < -0.39 is 0 Å². The van der Waals surface area contributed by atoms with Gasteiger partial charge in [-0.3, -0.25) is 0 Å². The van der Waals surface area contributed by atoms with Crippen molar-refractivity contribution in [2.24, 2.45) is 0 Å². The molecule has 1 heterocycles. The van der Waals surface area contributed by atoms with Crippen LogP contribution in [0.4, 0.5) is 0 Å². The van der Waals surface area contributed by atoms with Gasteiger partial charge < -0.3 is 57.1 Å². The Hall–Kier alpha value is 0.484. The molecule has 0 radical (unpaired) electrons. The van der Waals surface area contributed by atoms with Gasteiger partial charge in [-0.2, -0.15) is 0 Å². The maximum absolute atomic E-state index is 5.96. The van der Waals surface area contributed by atoms with Crippen LogP contribution in [0.5, 0.6) is 5.75 Å². The summed E-state index contributed by atoms with van der Waals surface area (Å²) in [5, 5.41) is 3.41. The van der Waals surface area contributed by atoms with Crippen LogP contribution in [0, 0.1) is 6.23 Å². The third-order valence-corrected chi connectivity index (χ3v) is 3.17. The fourth-order valence-electron chi connectivity index (χ4n) is 1.90. The molecule has 1 aliphatic heterocycles. The van der Waals surface area contributed by atoms with Gasteiger partial charge in [-0.05, 0) is 32.8 Å². The number of benzene rings is 1. The molecule has 0 atom stereocenters. The van der Waals surface area contributed by atoms with E-state index in [0.29, 0.717) is 0 Å². The maximum atomic E-state index is 5.96. The summed E-state index contributed by atoms with van der Waals surface area (Å²) in [7, 11) is 4.23. The summed E-state index contributed by atoms with van der Waals surface area (Å²) in [6, 6.07) is 9.95. The first kappa shape index (κ1) is 27.3. The Labute approximate surface area is 167 Å². The Morgan fingerprint density at radius 1 is 1.00 bits per heavy atom. The zero-order valence-electron chi connectivity index (χ0n) is 12.9. The first-order valence-corrected chi connectivity index (χ1v) is 6.45. The van der Waals surface area contributed by atoms with Gasteiger partial charge >= 0.3 is 21.7 Å². The average molecular weight is 403 g/mol. The van der Waals surface area contributed by atoms with Gasteiger partial charge in [0.2, 0.25) is 0 Å². The minimum atomic E-state index is 0. The van der Waals surface area contributed by atoms with Crippen LogP contribution in [0.3, 0.4) is 0 Å². The van der Waals surface area contributed by atoms with Gasteiger partial charge in [-0.25, -0.2) is 0 Å². The van der Waals surface area contributed by atoms with Crippen LogP contribution in [0.15, 0.2) is 30.3 Å². The average Bonchev–Trinajstić information content (AvgIpc) is 2.46. The van der Waals surface area contributed by atoms with Crippen molar-refractivity contribution >= 4 is 0 Å². The number of likely N-dealkylation sites (N-methyl/N-ethyl adjacent to an activating group) is 2. The minimum Gasteiger partial charge on any atom is -1.00 e. The Morgan fingerprint density at radius 3 is 2.27 bits per heavy atom. The normalized spacial score (nSPS) is 17.2. The van der Waals surface area contributed by atoms with Gasteiger partial charge in [-0.15, -0.1) is 0 Å². The molecule has 0 aromatic heterocycles. The van der Waals surface area contributed by atoms with Gasteiger partial charge in [0, 0.05) is 19.6 Å². The van der Waals surface area contributed by atoms with E-state index in [1.807, 2.05) is 30.3 Å². The van der Waals surface area contributed by atoms with Gasteiger partial charge in [-0.1, -0.05) is 31.0 Å². The van der Waals surface area contributed by atoms with E-state index in [4.69, 9.17) is 4.74 Å². The summed E-state index contributed by atoms with van der Waals surface area (Å²) in [5.74, 6) is 0.897. The SMILES string of the molecule is CN1CCNC[C-](Oc2ccccc2)N(C)CC1.[Cl-].[Cl-].[Cl-].[Ti+4]. The summed E-state index contributed by atoms with van der Waals surface area (Å²) in [4.78, 5) is 4.51. The van der Waals surface area contributed by atoms with E-state index in [9.17, 15) is 0 Å². The molecule has 1 aromatic carbocycles. The van der Waals surface area contributed by atoms with Gasteiger partial charge in [0.05, 0.1) is 5.75 Å². The van der Waals surface area contributed by atoms with Crippen molar-refractivity contribution in [3.63, 3.8) is 0 Å². The first-order valence-electron chi connectivity index (χ1n) is 6.45. The molecule has 0 saturated carbocycles. The second kappa shape index (κ2) is 15.0. The number of hydrogen-bond acceptors (Lipinski definition) is 4. The van der Waals surface area contributed by atoms with Gasteiger partial charge in [0.1, 0.15) is 0 Å². The van der Waals surface area contributed by atoms with E-state index in [0.717, 1.165) is 44.7 Å². The van der Waals surface area contributed by atoms with Crippen LogP contribution < -0.4 is 47.3 Å². The minimum absolute atomic E-state index is 0. The first-order chi connectivity index (χ1) is 8.75. The molecule has 0 bridgehead atoms. The van der Waals surface area contributed by atoms with Crippen LogP contribution in [0.25, 0.3) is 0 Å². The molecule has 0 amide bonds. The molecule has 1 N–H and O–H groups in total. The molecule has 4 nitrogen and oxygen atoms in total. The molecule has 2 rings (SSSR count). The number of ether oxygens (including phenoxy) is 1. The number of rotatable bonds is 2. The maximum Gasteiger partial charge on any atom is 4.00 e. The standard InChI is InChI=1S/C14H22N3O.3ClH.Ti/c1-16-9-8-15-12-14(17(2)11-10-16)18-13-6-4-3-5-7-13;;;;/h3-7,15H,8-12H2,1-2H3;3*1H;/q-1;;;;+4/p-3. The van der Waals surface area contributed by atoms with Crippen molar-refractivity contribution in [1.29, 1.82) is 0 Å². The molecule has 1 saturated heterocycles. The second-order valence-corrected chi connectivity index (χ2v) is 4.71. The number of para-hydroxylation sites is 1. The Balaban J connectivity index is -0.000000902. The van der Waals surface area contributed by atoms with Crippen molar-refractivity contribution in [3.05, 3.63) is 36.6 Å². The Morgan fingerprint density at radius 2 is 1.64 bits per heavy atom. The summed E-state index contributed by atoms with van der Waals surface area (Å²) in [5.41, 5.74) is 0. The molecular weight excluding hydrogens is 380 g/mol. The van der Waals surface area contributed by atoms with Crippen LogP contribution in [0.2, 0.25) is 0 Å². The van der Waals surface area contributed by atoms with E-state index >= 15 is 0 Å². The quantitative estimate of drug-likeness (QED) is 0.393. The smallest absolute Gasteiger partial charge is 1.00 e. The van der Waals surface area contributed by atoms with E-state index in [2.05, 4.69) is 29.2 Å². The topological polar surface area (TPSA) is 27.7 Å². The molecule has 0 spiro atoms. The zero-order chi connectivity index (χ0) is 12.8. The predicted octanol–water partition coefficient (Wildman–Crippen LogP) is -7.97. The number of halogens is 3. The number of nitrogens with zero attached hydrogens (tertiary/aromatic N) is 2. The van der Waals surface area contributed by atoms with Crippen LogP contribution in [-0.2, 0) is 21.7 Å². The fourth-order valence-corrected chi connectivity index (χ4v) is 1.90. The van der Waals surface area contributed by atoms with E-state index in [1.54, 1.807) is 0 Å². The molecule has 1 aliphatic rings. The third kappa shape index (κ3) is 9.58.